The number of hydrogen-bond acceptors (Lipinski definition) is 4. The van der Waals surface area contributed by atoms with E-state index in [9.17, 15) is 9.59 Å². The van der Waals surface area contributed by atoms with Crippen molar-refractivity contribution in [3.8, 4) is 0 Å². The molecule has 4 atom stereocenters. The lowest BCUT2D eigenvalue weighted by atomic mass is 9.72. The van der Waals surface area contributed by atoms with Crippen molar-refractivity contribution >= 4 is 11.9 Å². The van der Waals surface area contributed by atoms with Gasteiger partial charge in [-0.15, -0.1) is 0 Å². The Morgan fingerprint density at radius 2 is 1.26 bits per heavy atom. The minimum atomic E-state index is -0.347. The molecule has 1 aliphatic carbocycles. The van der Waals surface area contributed by atoms with E-state index in [-0.39, 0.29) is 23.8 Å². The SMILES string of the molecule is CC(C)CCCC(C)CCCC1CCC(C(=O)OCC(C)C)C(C(=O)OCC(C)C)C1. The Morgan fingerprint density at radius 1 is 0.710 bits per heavy atom. The van der Waals surface area contributed by atoms with E-state index in [4.69, 9.17) is 9.47 Å². The normalized spacial score (nSPS) is 22.7. The second kappa shape index (κ2) is 14.9. The molecule has 0 radical (unpaired) electrons. The van der Waals surface area contributed by atoms with E-state index < -0.39 is 0 Å². The first-order valence-corrected chi connectivity index (χ1v) is 12.9. The zero-order chi connectivity index (χ0) is 23.4. The van der Waals surface area contributed by atoms with Crippen LogP contribution in [-0.2, 0) is 19.1 Å². The maximum absolute atomic E-state index is 12.8. The molecule has 0 saturated heterocycles. The van der Waals surface area contributed by atoms with Crippen molar-refractivity contribution in [2.75, 3.05) is 13.2 Å². The molecule has 4 nitrogen and oxygen atoms in total. The summed E-state index contributed by atoms with van der Waals surface area (Å²) in [4.78, 5) is 25.5. The van der Waals surface area contributed by atoms with Crippen LogP contribution >= 0.6 is 0 Å². The first-order valence-electron chi connectivity index (χ1n) is 12.9. The van der Waals surface area contributed by atoms with Crippen LogP contribution in [0.5, 0.6) is 0 Å². The van der Waals surface area contributed by atoms with Gasteiger partial charge in [0.15, 0.2) is 0 Å². The van der Waals surface area contributed by atoms with E-state index in [1.54, 1.807) is 0 Å². The lowest BCUT2D eigenvalue weighted by molar-refractivity contribution is -0.165. The Morgan fingerprint density at radius 3 is 1.81 bits per heavy atom. The van der Waals surface area contributed by atoms with Gasteiger partial charge >= 0.3 is 11.9 Å². The van der Waals surface area contributed by atoms with Gasteiger partial charge in [-0.1, -0.05) is 87.0 Å². The molecule has 0 N–H and O–H groups in total. The highest BCUT2D eigenvalue weighted by atomic mass is 16.5. The van der Waals surface area contributed by atoms with Crippen LogP contribution < -0.4 is 0 Å². The highest BCUT2D eigenvalue weighted by Gasteiger charge is 2.41. The summed E-state index contributed by atoms with van der Waals surface area (Å²) in [6.45, 7) is 15.9. The quantitative estimate of drug-likeness (QED) is 0.273. The fourth-order valence-corrected chi connectivity index (χ4v) is 4.55. The molecule has 0 amide bonds. The van der Waals surface area contributed by atoms with E-state index >= 15 is 0 Å². The maximum atomic E-state index is 12.8. The molecule has 0 aromatic rings. The molecule has 1 rings (SSSR count). The van der Waals surface area contributed by atoms with Gasteiger partial charge in [0.1, 0.15) is 0 Å². The van der Waals surface area contributed by atoms with E-state index in [0.717, 1.165) is 37.5 Å². The summed E-state index contributed by atoms with van der Waals surface area (Å²) < 4.78 is 11.1. The van der Waals surface area contributed by atoms with Gasteiger partial charge in [0.2, 0.25) is 0 Å². The standard InChI is InChI=1S/C27H50O4/c1-19(2)10-8-11-22(7)12-9-13-23-14-15-24(26(28)30-17-20(3)4)25(16-23)27(29)31-18-21(5)6/h19-25H,8-18H2,1-7H3. The van der Waals surface area contributed by atoms with Gasteiger partial charge in [-0.3, -0.25) is 9.59 Å². The van der Waals surface area contributed by atoms with Gasteiger partial charge in [0, 0.05) is 0 Å². The minimum absolute atomic E-state index is 0.202. The number of ether oxygens (including phenoxy) is 2. The molecule has 0 bridgehead atoms. The van der Waals surface area contributed by atoms with Crippen molar-refractivity contribution in [3.63, 3.8) is 0 Å². The van der Waals surface area contributed by atoms with Crippen LogP contribution in [0.2, 0.25) is 0 Å². The molecule has 4 heteroatoms. The molecule has 1 saturated carbocycles. The first-order chi connectivity index (χ1) is 14.6. The summed E-state index contributed by atoms with van der Waals surface area (Å²) in [6, 6.07) is 0. The Balaban J connectivity index is 2.56. The highest BCUT2D eigenvalue weighted by molar-refractivity contribution is 5.82. The third-order valence-electron chi connectivity index (χ3n) is 6.47. The summed E-state index contributed by atoms with van der Waals surface area (Å²) in [5, 5.41) is 0. The lowest BCUT2D eigenvalue weighted by Gasteiger charge is -2.34. The summed E-state index contributed by atoms with van der Waals surface area (Å²) in [6.07, 6.45) is 10.1. The van der Waals surface area contributed by atoms with E-state index in [0.29, 0.717) is 31.0 Å². The van der Waals surface area contributed by atoms with Crippen LogP contribution in [0, 0.1) is 41.4 Å². The predicted molar refractivity (Wildman–Crippen MR) is 128 cm³/mol. The Bertz CT molecular complexity index is 511. The number of rotatable bonds is 14. The molecule has 1 fully saturated rings. The Kier molecular flexibility index (Phi) is 13.4. The molecule has 182 valence electrons. The second-order valence-corrected chi connectivity index (χ2v) is 11.3. The van der Waals surface area contributed by atoms with Crippen molar-refractivity contribution in [2.45, 2.75) is 106 Å². The van der Waals surface area contributed by atoms with Crippen molar-refractivity contribution in [2.24, 2.45) is 41.4 Å². The van der Waals surface area contributed by atoms with Gasteiger partial charge in [0.05, 0.1) is 25.0 Å². The molecule has 0 aromatic carbocycles. The fraction of sp³-hybridized carbons (Fsp3) is 0.926. The molecule has 0 aliphatic heterocycles. The fourth-order valence-electron chi connectivity index (χ4n) is 4.55. The second-order valence-electron chi connectivity index (χ2n) is 11.3. The van der Waals surface area contributed by atoms with Crippen LogP contribution in [0.4, 0.5) is 0 Å². The van der Waals surface area contributed by atoms with Crippen LogP contribution in [0.3, 0.4) is 0 Å². The van der Waals surface area contributed by atoms with Gasteiger partial charge in [-0.25, -0.2) is 0 Å². The molecule has 31 heavy (non-hydrogen) atoms. The monoisotopic (exact) mass is 438 g/mol. The summed E-state index contributed by atoms with van der Waals surface area (Å²) in [5.41, 5.74) is 0. The van der Waals surface area contributed by atoms with Gasteiger partial charge < -0.3 is 9.47 Å². The third-order valence-corrected chi connectivity index (χ3v) is 6.47. The molecular formula is C27H50O4. The maximum Gasteiger partial charge on any atom is 0.309 e. The average Bonchev–Trinajstić information content (AvgIpc) is 2.69. The van der Waals surface area contributed by atoms with Crippen LogP contribution in [-0.4, -0.2) is 25.2 Å². The van der Waals surface area contributed by atoms with Gasteiger partial charge in [-0.05, 0) is 48.9 Å². The summed E-state index contributed by atoms with van der Waals surface area (Å²) in [5.74, 6) is 1.57. The van der Waals surface area contributed by atoms with Gasteiger partial charge in [-0.2, -0.15) is 0 Å². The van der Waals surface area contributed by atoms with Crippen molar-refractivity contribution in [1.29, 1.82) is 0 Å². The average molecular weight is 439 g/mol. The van der Waals surface area contributed by atoms with Crippen molar-refractivity contribution < 1.29 is 19.1 Å². The summed E-state index contributed by atoms with van der Waals surface area (Å²) in [7, 11) is 0. The molecule has 0 heterocycles. The number of esters is 2. The summed E-state index contributed by atoms with van der Waals surface area (Å²) >= 11 is 0. The van der Waals surface area contributed by atoms with Crippen LogP contribution in [0.25, 0.3) is 0 Å². The number of hydrogen-bond donors (Lipinski definition) is 0. The van der Waals surface area contributed by atoms with Crippen molar-refractivity contribution in [1.82, 2.24) is 0 Å². The first kappa shape index (κ1) is 28.0. The smallest absolute Gasteiger partial charge is 0.309 e. The Labute approximate surface area is 192 Å². The van der Waals surface area contributed by atoms with E-state index in [2.05, 4.69) is 20.8 Å². The number of carbonyl (C=O) groups excluding carboxylic acids is 2. The van der Waals surface area contributed by atoms with E-state index in [1.807, 2.05) is 27.7 Å². The zero-order valence-corrected chi connectivity index (χ0v) is 21.5. The lowest BCUT2D eigenvalue weighted by Crippen LogP contribution is -2.38. The zero-order valence-electron chi connectivity index (χ0n) is 21.5. The van der Waals surface area contributed by atoms with E-state index in [1.165, 1.54) is 32.1 Å². The van der Waals surface area contributed by atoms with Crippen molar-refractivity contribution in [3.05, 3.63) is 0 Å². The third kappa shape index (κ3) is 11.9. The molecule has 0 spiro atoms. The Hall–Kier alpha value is -1.06. The molecule has 4 unspecified atom stereocenters. The van der Waals surface area contributed by atoms with Crippen LogP contribution in [0.1, 0.15) is 106 Å². The highest BCUT2D eigenvalue weighted by Crippen LogP contribution is 2.38. The van der Waals surface area contributed by atoms with Gasteiger partial charge in [0.25, 0.3) is 0 Å². The topological polar surface area (TPSA) is 52.6 Å². The largest absolute Gasteiger partial charge is 0.465 e. The molecule has 0 aromatic heterocycles. The molecule has 1 aliphatic rings. The minimum Gasteiger partial charge on any atom is -0.465 e. The molecular weight excluding hydrogens is 388 g/mol. The van der Waals surface area contributed by atoms with Crippen LogP contribution in [0.15, 0.2) is 0 Å². The number of carbonyl (C=O) groups is 2. The predicted octanol–water partition coefficient (Wildman–Crippen LogP) is 7.05.